The van der Waals surface area contributed by atoms with E-state index in [-0.39, 0.29) is 18.2 Å². The molecule has 1 heterocycles. The third-order valence-electron chi connectivity index (χ3n) is 3.12. The van der Waals surface area contributed by atoms with Crippen LogP contribution in [0.3, 0.4) is 0 Å². The van der Waals surface area contributed by atoms with Crippen molar-refractivity contribution < 1.29 is 9.47 Å². The Morgan fingerprint density at radius 1 is 1.44 bits per heavy atom. The van der Waals surface area contributed by atoms with E-state index in [2.05, 4.69) is 10.0 Å². The van der Waals surface area contributed by atoms with Crippen LogP contribution in [0.2, 0.25) is 0 Å². The Bertz CT molecular complexity index is 418. The highest BCUT2D eigenvalue weighted by Crippen LogP contribution is 2.22. The van der Waals surface area contributed by atoms with E-state index in [1.165, 1.54) is 0 Å². The van der Waals surface area contributed by atoms with Gasteiger partial charge in [-0.3, -0.25) is 0 Å². The van der Waals surface area contributed by atoms with Gasteiger partial charge in [0, 0.05) is 11.5 Å². The maximum atomic E-state index is 8.57. The van der Waals surface area contributed by atoms with E-state index >= 15 is 0 Å². The summed E-state index contributed by atoms with van der Waals surface area (Å²) >= 11 is 0. The van der Waals surface area contributed by atoms with Gasteiger partial charge in [0.15, 0.2) is 0 Å². The van der Waals surface area contributed by atoms with Crippen LogP contribution in [0.15, 0.2) is 35.4 Å². The van der Waals surface area contributed by atoms with Crippen LogP contribution in [0.5, 0.6) is 0 Å². The minimum absolute atomic E-state index is 0.0436. The van der Waals surface area contributed by atoms with Crippen LogP contribution in [0.4, 0.5) is 0 Å². The van der Waals surface area contributed by atoms with Crippen molar-refractivity contribution in [1.29, 1.82) is 0 Å². The van der Waals surface area contributed by atoms with Gasteiger partial charge >= 0.3 is 0 Å². The third kappa shape index (κ3) is 3.23. The van der Waals surface area contributed by atoms with Gasteiger partial charge in [-0.15, -0.1) is 0 Å². The highest BCUT2D eigenvalue weighted by atomic mass is 16.5. The molecule has 0 radical (unpaired) electrons. The first-order chi connectivity index (χ1) is 8.81. The van der Waals surface area contributed by atoms with Crippen molar-refractivity contribution in [1.82, 2.24) is 0 Å². The Morgan fingerprint density at radius 3 is 2.94 bits per heavy atom. The number of azide groups is 1. The highest BCUT2D eigenvalue weighted by molar-refractivity contribution is 5.13. The summed E-state index contributed by atoms with van der Waals surface area (Å²) in [5, 5.41) is 3.80. The van der Waals surface area contributed by atoms with Crippen molar-refractivity contribution in [2.24, 2.45) is 5.11 Å². The standard InChI is InChI=1S/C13H17N3O2/c1-10-13(12(15-16-14)7-8-17-10)18-9-11-5-3-2-4-6-11/h2-6,10,12-13H,7-9H2,1H3/t10?,12-,13-/m1/s1. The lowest BCUT2D eigenvalue weighted by molar-refractivity contribution is -0.112. The average Bonchev–Trinajstić information content (AvgIpc) is 2.40. The third-order valence-corrected chi connectivity index (χ3v) is 3.12. The van der Waals surface area contributed by atoms with Gasteiger partial charge in [-0.1, -0.05) is 35.4 Å². The molecule has 0 amide bonds. The first kappa shape index (κ1) is 12.9. The minimum Gasteiger partial charge on any atom is -0.376 e. The van der Waals surface area contributed by atoms with Crippen LogP contribution in [0, 0.1) is 0 Å². The molecule has 0 spiro atoms. The Labute approximate surface area is 106 Å². The molecule has 1 aromatic rings. The Kier molecular flexibility index (Phi) is 4.59. The second-order valence-corrected chi connectivity index (χ2v) is 4.40. The lowest BCUT2D eigenvalue weighted by Crippen LogP contribution is -2.43. The Hall–Kier alpha value is -1.55. The summed E-state index contributed by atoms with van der Waals surface area (Å²) in [6.07, 6.45) is 0.501. The molecule has 0 aliphatic carbocycles. The highest BCUT2D eigenvalue weighted by Gasteiger charge is 2.31. The van der Waals surface area contributed by atoms with Crippen molar-refractivity contribution >= 4 is 0 Å². The van der Waals surface area contributed by atoms with Gasteiger partial charge in [-0.05, 0) is 24.4 Å². The van der Waals surface area contributed by atoms with E-state index < -0.39 is 0 Å². The van der Waals surface area contributed by atoms with Crippen LogP contribution in [0.1, 0.15) is 18.9 Å². The largest absolute Gasteiger partial charge is 0.376 e. The molecule has 2 rings (SSSR count). The minimum atomic E-state index is -0.171. The number of benzene rings is 1. The number of nitrogens with zero attached hydrogens (tertiary/aromatic N) is 3. The molecule has 0 bridgehead atoms. The zero-order valence-corrected chi connectivity index (χ0v) is 10.4. The molecule has 1 saturated heterocycles. The number of ether oxygens (including phenoxy) is 2. The van der Waals surface area contributed by atoms with Crippen molar-refractivity contribution in [3.05, 3.63) is 46.3 Å². The Balaban J connectivity index is 1.98. The van der Waals surface area contributed by atoms with E-state index in [1.54, 1.807) is 0 Å². The average molecular weight is 247 g/mol. The summed E-state index contributed by atoms with van der Waals surface area (Å²) < 4.78 is 11.4. The quantitative estimate of drug-likeness (QED) is 0.466. The smallest absolute Gasteiger partial charge is 0.0923 e. The summed E-state index contributed by atoms with van der Waals surface area (Å²) in [5.41, 5.74) is 9.68. The number of rotatable bonds is 4. The maximum Gasteiger partial charge on any atom is 0.0923 e. The van der Waals surface area contributed by atoms with Gasteiger partial charge in [0.25, 0.3) is 0 Å². The molecular formula is C13H17N3O2. The van der Waals surface area contributed by atoms with E-state index in [9.17, 15) is 0 Å². The van der Waals surface area contributed by atoms with Gasteiger partial charge in [-0.25, -0.2) is 0 Å². The van der Waals surface area contributed by atoms with Gasteiger partial charge in [-0.2, -0.15) is 0 Å². The molecule has 1 aliphatic heterocycles. The summed E-state index contributed by atoms with van der Waals surface area (Å²) in [7, 11) is 0. The molecule has 0 saturated carbocycles. The molecule has 1 aliphatic rings. The van der Waals surface area contributed by atoms with Crippen LogP contribution < -0.4 is 0 Å². The molecule has 5 heteroatoms. The molecule has 18 heavy (non-hydrogen) atoms. The maximum absolute atomic E-state index is 8.57. The molecule has 0 N–H and O–H groups in total. The second kappa shape index (κ2) is 6.40. The molecule has 1 fully saturated rings. The van der Waals surface area contributed by atoms with Crippen LogP contribution in [-0.2, 0) is 16.1 Å². The summed E-state index contributed by atoms with van der Waals surface area (Å²) in [6, 6.07) is 9.81. The zero-order valence-electron chi connectivity index (χ0n) is 10.4. The van der Waals surface area contributed by atoms with E-state index in [0.717, 1.165) is 5.56 Å². The molecule has 5 nitrogen and oxygen atoms in total. The monoisotopic (exact) mass is 247 g/mol. The van der Waals surface area contributed by atoms with E-state index in [4.69, 9.17) is 15.0 Å². The molecule has 0 aromatic heterocycles. The van der Waals surface area contributed by atoms with Crippen molar-refractivity contribution in [3.63, 3.8) is 0 Å². The molecule has 96 valence electrons. The first-order valence-electron chi connectivity index (χ1n) is 6.12. The van der Waals surface area contributed by atoms with E-state index in [1.807, 2.05) is 37.3 Å². The van der Waals surface area contributed by atoms with Gasteiger partial charge in [0.1, 0.15) is 0 Å². The lowest BCUT2D eigenvalue weighted by atomic mass is 10.0. The number of hydrogen-bond acceptors (Lipinski definition) is 3. The molecular weight excluding hydrogens is 230 g/mol. The molecule has 1 aromatic carbocycles. The van der Waals surface area contributed by atoms with Crippen molar-refractivity contribution in [2.75, 3.05) is 6.61 Å². The summed E-state index contributed by atoms with van der Waals surface area (Å²) in [6.45, 7) is 3.08. The molecule has 3 atom stereocenters. The molecule has 1 unspecified atom stereocenters. The fourth-order valence-electron chi connectivity index (χ4n) is 2.15. The number of hydrogen-bond donors (Lipinski definition) is 0. The van der Waals surface area contributed by atoms with Gasteiger partial charge < -0.3 is 9.47 Å². The van der Waals surface area contributed by atoms with Gasteiger partial charge in [0.05, 0.1) is 24.9 Å². The van der Waals surface area contributed by atoms with Crippen molar-refractivity contribution in [2.45, 2.75) is 38.2 Å². The SMILES string of the molecule is CC1OCC[C@@H](N=[N+]=[N-])[C@@H]1OCc1ccccc1. The van der Waals surface area contributed by atoms with Crippen molar-refractivity contribution in [3.8, 4) is 0 Å². The van der Waals surface area contributed by atoms with E-state index in [0.29, 0.717) is 19.6 Å². The Morgan fingerprint density at radius 2 is 2.22 bits per heavy atom. The fourth-order valence-corrected chi connectivity index (χ4v) is 2.15. The van der Waals surface area contributed by atoms with Crippen LogP contribution >= 0.6 is 0 Å². The summed E-state index contributed by atoms with van der Waals surface area (Å²) in [5.74, 6) is 0. The fraction of sp³-hybridized carbons (Fsp3) is 0.538. The van der Waals surface area contributed by atoms with Crippen LogP contribution in [0.25, 0.3) is 10.4 Å². The summed E-state index contributed by atoms with van der Waals surface area (Å²) in [4.78, 5) is 2.89. The van der Waals surface area contributed by atoms with Crippen LogP contribution in [-0.4, -0.2) is 24.9 Å². The first-order valence-corrected chi connectivity index (χ1v) is 6.12. The van der Waals surface area contributed by atoms with Gasteiger partial charge in [0.2, 0.25) is 0 Å². The normalized spacial score (nSPS) is 27.5. The predicted molar refractivity (Wildman–Crippen MR) is 68.0 cm³/mol. The second-order valence-electron chi connectivity index (χ2n) is 4.40. The topological polar surface area (TPSA) is 67.2 Å². The zero-order chi connectivity index (χ0) is 12.8. The predicted octanol–water partition coefficient (Wildman–Crippen LogP) is 3.06. The lowest BCUT2D eigenvalue weighted by Gasteiger charge is -2.33.